The van der Waals surface area contributed by atoms with Crippen LogP contribution in [0.25, 0.3) is 11.4 Å². The minimum atomic E-state index is -0.286. The first-order valence-electron chi connectivity index (χ1n) is 8.18. The maximum absolute atomic E-state index is 12.8. The summed E-state index contributed by atoms with van der Waals surface area (Å²) in [6.45, 7) is 1.99. The number of carbonyl (C=O) groups excluding carboxylic acids is 1. The minimum absolute atomic E-state index is 0.127. The van der Waals surface area contributed by atoms with E-state index in [-0.39, 0.29) is 23.8 Å². The summed E-state index contributed by atoms with van der Waals surface area (Å²) in [7, 11) is 0. The van der Waals surface area contributed by atoms with E-state index in [2.05, 4.69) is 15.3 Å². The van der Waals surface area contributed by atoms with Crippen molar-refractivity contribution in [3.05, 3.63) is 81.6 Å². The molecular weight excluding hydrogens is 314 g/mol. The summed E-state index contributed by atoms with van der Waals surface area (Å²) in [5, 5.41) is 2.76. The van der Waals surface area contributed by atoms with E-state index < -0.39 is 0 Å². The second kappa shape index (κ2) is 6.02. The number of anilines is 1. The Hall–Kier alpha value is -3.21. The van der Waals surface area contributed by atoms with Crippen molar-refractivity contribution in [1.82, 2.24) is 9.97 Å². The Kier molecular flexibility index (Phi) is 3.69. The highest BCUT2D eigenvalue weighted by Crippen LogP contribution is 2.35. The number of nitrogens with zero attached hydrogens (tertiary/aromatic N) is 1. The van der Waals surface area contributed by atoms with Crippen molar-refractivity contribution in [2.24, 2.45) is 0 Å². The maximum Gasteiger partial charge on any atom is 0.257 e. The predicted octanol–water partition coefficient (Wildman–Crippen LogP) is 3.22. The molecule has 1 atom stereocenters. The lowest BCUT2D eigenvalue weighted by atomic mass is 9.84. The fourth-order valence-electron chi connectivity index (χ4n) is 3.35. The zero-order valence-corrected chi connectivity index (χ0v) is 13.7. The molecule has 1 aliphatic rings. The summed E-state index contributed by atoms with van der Waals surface area (Å²) in [4.78, 5) is 32.4. The fraction of sp³-hybridized carbons (Fsp3) is 0.150. The first kappa shape index (κ1) is 15.3. The molecule has 124 valence electrons. The molecule has 2 heterocycles. The van der Waals surface area contributed by atoms with Gasteiger partial charge in [0.1, 0.15) is 11.6 Å². The highest BCUT2D eigenvalue weighted by Gasteiger charge is 2.31. The molecule has 25 heavy (non-hydrogen) atoms. The Bertz CT molecular complexity index is 1010. The third-order valence-corrected chi connectivity index (χ3v) is 4.56. The molecule has 0 fully saturated rings. The monoisotopic (exact) mass is 331 g/mol. The highest BCUT2D eigenvalue weighted by atomic mass is 16.2. The number of fused-ring (bicyclic) bond motifs is 1. The van der Waals surface area contributed by atoms with Crippen molar-refractivity contribution in [3.8, 4) is 11.4 Å². The van der Waals surface area contributed by atoms with E-state index in [0.717, 1.165) is 16.7 Å². The van der Waals surface area contributed by atoms with Crippen LogP contribution >= 0.6 is 0 Å². The van der Waals surface area contributed by atoms with Gasteiger partial charge in [0.15, 0.2) is 0 Å². The number of benzene rings is 2. The number of aromatic nitrogens is 2. The normalized spacial score (nSPS) is 16.2. The molecule has 2 aromatic carbocycles. The van der Waals surface area contributed by atoms with Gasteiger partial charge in [-0.1, -0.05) is 54.6 Å². The zero-order chi connectivity index (χ0) is 17.4. The van der Waals surface area contributed by atoms with Crippen LogP contribution in [0.5, 0.6) is 0 Å². The number of hydrogen-bond donors (Lipinski definition) is 2. The number of aromatic amines is 1. The van der Waals surface area contributed by atoms with Crippen LogP contribution in [0, 0.1) is 6.92 Å². The van der Waals surface area contributed by atoms with Gasteiger partial charge in [0.05, 0.1) is 5.56 Å². The molecule has 0 saturated heterocycles. The molecule has 5 nitrogen and oxygen atoms in total. The van der Waals surface area contributed by atoms with E-state index in [4.69, 9.17) is 0 Å². The van der Waals surface area contributed by atoms with Crippen LogP contribution in [-0.4, -0.2) is 15.9 Å². The van der Waals surface area contributed by atoms with E-state index in [0.29, 0.717) is 17.2 Å². The van der Waals surface area contributed by atoms with Crippen molar-refractivity contribution >= 4 is 11.7 Å². The van der Waals surface area contributed by atoms with Gasteiger partial charge >= 0.3 is 0 Å². The highest BCUT2D eigenvalue weighted by molar-refractivity contribution is 5.94. The number of amides is 1. The van der Waals surface area contributed by atoms with Gasteiger partial charge in [-0.3, -0.25) is 9.59 Å². The van der Waals surface area contributed by atoms with Gasteiger partial charge in [-0.25, -0.2) is 4.98 Å². The standard InChI is InChI=1S/C20H17N3O2/c1-12-7-5-6-10-14(12)15-11-16(24)21-19-17(15)20(25)23-18(22-19)13-8-3-2-4-9-13/h2-10,15H,11H2,1H3,(H2,21,22,23,24,25). The van der Waals surface area contributed by atoms with E-state index >= 15 is 0 Å². The number of rotatable bonds is 2. The lowest BCUT2D eigenvalue weighted by molar-refractivity contribution is -0.116. The van der Waals surface area contributed by atoms with Gasteiger partial charge in [0.25, 0.3) is 5.56 Å². The van der Waals surface area contributed by atoms with Gasteiger partial charge in [0, 0.05) is 17.9 Å². The number of carbonyl (C=O) groups is 1. The van der Waals surface area contributed by atoms with Gasteiger partial charge < -0.3 is 10.3 Å². The van der Waals surface area contributed by atoms with Gasteiger partial charge in [-0.15, -0.1) is 0 Å². The van der Waals surface area contributed by atoms with Crippen LogP contribution in [0.2, 0.25) is 0 Å². The quantitative estimate of drug-likeness (QED) is 0.757. The van der Waals surface area contributed by atoms with Crippen molar-refractivity contribution in [3.63, 3.8) is 0 Å². The summed E-state index contributed by atoms with van der Waals surface area (Å²) < 4.78 is 0. The molecule has 0 aliphatic carbocycles. The first-order valence-corrected chi connectivity index (χ1v) is 8.18. The van der Waals surface area contributed by atoms with E-state index in [1.807, 2.05) is 61.5 Å². The van der Waals surface area contributed by atoms with Gasteiger partial charge in [-0.05, 0) is 18.1 Å². The average molecular weight is 331 g/mol. The number of hydrogen-bond acceptors (Lipinski definition) is 3. The van der Waals surface area contributed by atoms with E-state index in [1.54, 1.807) is 0 Å². The summed E-state index contributed by atoms with van der Waals surface area (Å²) >= 11 is 0. The molecule has 0 saturated carbocycles. The van der Waals surface area contributed by atoms with Crippen molar-refractivity contribution in [2.45, 2.75) is 19.3 Å². The van der Waals surface area contributed by atoms with E-state index in [9.17, 15) is 9.59 Å². The molecule has 1 aliphatic heterocycles. The second-order valence-electron chi connectivity index (χ2n) is 6.20. The Balaban J connectivity index is 1.89. The van der Waals surface area contributed by atoms with Crippen molar-refractivity contribution in [2.75, 3.05) is 5.32 Å². The van der Waals surface area contributed by atoms with Crippen LogP contribution in [0.15, 0.2) is 59.4 Å². The number of nitrogens with one attached hydrogen (secondary N) is 2. The summed E-state index contributed by atoms with van der Waals surface area (Å²) in [5.41, 5.74) is 3.15. The van der Waals surface area contributed by atoms with Gasteiger partial charge in [0.2, 0.25) is 5.91 Å². The maximum atomic E-state index is 12.8. The Morgan fingerprint density at radius 1 is 1.00 bits per heavy atom. The van der Waals surface area contributed by atoms with E-state index in [1.165, 1.54) is 0 Å². The van der Waals surface area contributed by atoms with Crippen molar-refractivity contribution in [1.29, 1.82) is 0 Å². The Morgan fingerprint density at radius 3 is 2.48 bits per heavy atom. The summed E-state index contributed by atoms with van der Waals surface area (Å²) in [6, 6.07) is 17.2. The first-order chi connectivity index (χ1) is 12.1. The number of H-pyrrole nitrogens is 1. The SMILES string of the molecule is Cc1ccccc1C1CC(=O)Nc2nc(-c3ccccc3)[nH]c(=O)c21. The fourth-order valence-corrected chi connectivity index (χ4v) is 3.35. The second-order valence-corrected chi connectivity index (χ2v) is 6.20. The molecule has 1 amide bonds. The van der Waals surface area contributed by atoms with Crippen molar-refractivity contribution < 1.29 is 4.79 Å². The lowest BCUT2D eigenvalue weighted by Gasteiger charge is -2.25. The predicted molar refractivity (Wildman–Crippen MR) is 96.6 cm³/mol. The average Bonchev–Trinajstić information content (AvgIpc) is 2.62. The Labute approximate surface area is 144 Å². The smallest absolute Gasteiger partial charge is 0.257 e. The molecule has 4 rings (SSSR count). The Morgan fingerprint density at radius 2 is 1.72 bits per heavy atom. The van der Waals surface area contributed by atoms with Crippen LogP contribution in [-0.2, 0) is 4.79 Å². The molecule has 1 aromatic heterocycles. The largest absolute Gasteiger partial charge is 0.310 e. The molecule has 0 radical (unpaired) electrons. The third-order valence-electron chi connectivity index (χ3n) is 4.56. The molecule has 0 bridgehead atoms. The van der Waals surface area contributed by atoms with Crippen LogP contribution in [0.1, 0.15) is 29.0 Å². The molecule has 2 N–H and O–H groups in total. The molecule has 5 heteroatoms. The minimum Gasteiger partial charge on any atom is -0.310 e. The summed E-state index contributed by atoms with van der Waals surface area (Å²) in [5.74, 6) is 0.395. The van der Waals surface area contributed by atoms with Gasteiger partial charge in [-0.2, -0.15) is 0 Å². The van der Waals surface area contributed by atoms with Crippen LogP contribution in [0.3, 0.4) is 0 Å². The molecular formula is C20H17N3O2. The summed E-state index contributed by atoms with van der Waals surface area (Å²) in [6.07, 6.45) is 0.243. The van der Waals surface area contributed by atoms with Crippen LogP contribution < -0.4 is 10.9 Å². The number of aryl methyl sites for hydroxylation is 1. The third kappa shape index (κ3) is 2.74. The molecule has 0 spiro atoms. The lowest BCUT2D eigenvalue weighted by Crippen LogP contribution is -2.31. The topological polar surface area (TPSA) is 74.8 Å². The zero-order valence-electron chi connectivity index (χ0n) is 13.7. The van der Waals surface area contributed by atoms with Crippen LogP contribution in [0.4, 0.5) is 5.82 Å². The molecule has 1 unspecified atom stereocenters. The molecule has 3 aromatic rings.